The largest absolute Gasteiger partial charge is 0.454 e. The van der Waals surface area contributed by atoms with Crippen LogP contribution >= 0.6 is 45.8 Å². The van der Waals surface area contributed by atoms with Gasteiger partial charge in [0.15, 0.2) is 11.5 Å². The molecule has 0 spiro atoms. The molecule has 0 bridgehead atoms. The number of nitrogens with one attached hydrogen (secondary N) is 1. The Labute approximate surface area is 166 Å². The molecule has 126 valence electrons. The molecule has 8 heteroatoms. The minimum Gasteiger partial charge on any atom is -0.454 e. The number of nitrogens with zero attached hydrogens (tertiary/aromatic N) is 1. The molecule has 2 aromatic rings. The second kappa shape index (κ2) is 6.51. The Kier molecular flexibility index (Phi) is 4.35. The van der Waals surface area contributed by atoms with Gasteiger partial charge in [-0.2, -0.15) is 0 Å². The van der Waals surface area contributed by atoms with Crippen LogP contribution in [0.2, 0.25) is 10.0 Å². The Hall–Kier alpha value is -1.77. The Bertz CT molecular complexity index is 973. The number of ether oxygens (including phenoxy) is 2. The summed E-state index contributed by atoms with van der Waals surface area (Å²) in [5, 5.41) is 3.70. The third-order valence-electron chi connectivity index (χ3n) is 3.66. The predicted molar refractivity (Wildman–Crippen MR) is 104 cm³/mol. The summed E-state index contributed by atoms with van der Waals surface area (Å²) in [6.07, 6.45) is 1.61. The fraction of sp³-hybridized carbons (Fsp3) is 0.0588. The predicted octanol–water partition coefficient (Wildman–Crippen LogP) is 4.24. The van der Waals surface area contributed by atoms with Crippen molar-refractivity contribution in [3.63, 3.8) is 0 Å². The molecule has 0 saturated heterocycles. The van der Waals surface area contributed by atoms with Gasteiger partial charge in [-0.25, -0.2) is 4.99 Å². The van der Waals surface area contributed by atoms with Gasteiger partial charge in [0.1, 0.15) is 11.5 Å². The van der Waals surface area contributed by atoms with E-state index in [9.17, 15) is 4.79 Å². The van der Waals surface area contributed by atoms with Gasteiger partial charge in [-0.05, 0) is 58.5 Å². The first kappa shape index (κ1) is 16.7. The summed E-state index contributed by atoms with van der Waals surface area (Å²) in [5.74, 6) is 1.26. The van der Waals surface area contributed by atoms with Crippen LogP contribution in [0.15, 0.2) is 41.0 Å². The molecule has 1 N–H and O–H groups in total. The van der Waals surface area contributed by atoms with E-state index in [1.165, 1.54) is 0 Å². The monoisotopic (exact) mass is 486 g/mol. The second-order valence-electron chi connectivity index (χ2n) is 5.30. The molecule has 0 aromatic heterocycles. The number of carbonyl (C=O) groups excluding carboxylic acids is 1. The van der Waals surface area contributed by atoms with Crippen LogP contribution in [0.25, 0.3) is 6.08 Å². The van der Waals surface area contributed by atoms with E-state index in [2.05, 4.69) is 32.9 Å². The summed E-state index contributed by atoms with van der Waals surface area (Å²) in [7, 11) is 0. The lowest BCUT2D eigenvalue weighted by atomic mass is 10.1. The highest BCUT2D eigenvalue weighted by molar-refractivity contribution is 14.1. The molecule has 0 aliphatic carbocycles. The topological polar surface area (TPSA) is 59.9 Å². The van der Waals surface area contributed by atoms with Crippen molar-refractivity contribution >= 4 is 63.6 Å². The molecule has 0 atom stereocenters. The molecule has 1 amide bonds. The molecule has 0 fully saturated rings. The van der Waals surface area contributed by atoms with Crippen LogP contribution in [0.3, 0.4) is 0 Å². The lowest BCUT2D eigenvalue weighted by Gasteiger charge is -2.03. The normalized spacial score (nSPS) is 17.0. The number of carbonyl (C=O) groups is 1. The molecule has 2 heterocycles. The van der Waals surface area contributed by atoms with Crippen molar-refractivity contribution in [3.05, 3.63) is 60.8 Å². The highest BCUT2D eigenvalue weighted by atomic mass is 127. The first-order chi connectivity index (χ1) is 12.0. The zero-order valence-corrected chi connectivity index (χ0v) is 16.1. The van der Waals surface area contributed by atoms with Crippen LogP contribution < -0.4 is 14.8 Å². The third-order valence-corrected chi connectivity index (χ3v) is 4.99. The standard InChI is InChI=1S/C17H9Cl2IN2O3/c18-11-2-1-9(20)5-10(11)16-21-13(17(23)22-16)3-8-4-14-15(6-12(8)19)25-7-24-14/h1-6H,7H2,(H,21,22,23). The Morgan fingerprint density at radius 1 is 1.12 bits per heavy atom. The molecule has 0 saturated carbocycles. The highest BCUT2D eigenvalue weighted by Gasteiger charge is 2.24. The van der Waals surface area contributed by atoms with E-state index < -0.39 is 0 Å². The average Bonchev–Trinajstić information content (AvgIpc) is 3.17. The van der Waals surface area contributed by atoms with E-state index >= 15 is 0 Å². The summed E-state index contributed by atoms with van der Waals surface area (Å²) in [6, 6.07) is 8.89. The molecule has 2 aliphatic rings. The number of hydrogen-bond acceptors (Lipinski definition) is 4. The molecule has 25 heavy (non-hydrogen) atoms. The highest BCUT2D eigenvalue weighted by Crippen LogP contribution is 2.37. The first-order valence-electron chi connectivity index (χ1n) is 7.17. The summed E-state index contributed by atoms with van der Waals surface area (Å²) in [4.78, 5) is 16.6. The molecule has 2 aliphatic heterocycles. The molecule has 0 unspecified atom stereocenters. The van der Waals surface area contributed by atoms with E-state index in [0.717, 1.165) is 3.57 Å². The van der Waals surface area contributed by atoms with Gasteiger partial charge in [-0.15, -0.1) is 0 Å². The smallest absolute Gasteiger partial charge is 0.275 e. The maximum Gasteiger partial charge on any atom is 0.275 e. The van der Waals surface area contributed by atoms with Gasteiger partial charge < -0.3 is 14.8 Å². The maximum absolute atomic E-state index is 12.3. The lowest BCUT2D eigenvalue weighted by Crippen LogP contribution is -2.25. The summed E-state index contributed by atoms with van der Waals surface area (Å²) in [6.45, 7) is 0.152. The van der Waals surface area contributed by atoms with Gasteiger partial charge in [0.2, 0.25) is 6.79 Å². The summed E-state index contributed by atoms with van der Waals surface area (Å²) in [5.41, 5.74) is 1.53. The number of rotatable bonds is 2. The van der Waals surface area contributed by atoms with Crippen molar-refractivity contribution < 1.29 is 14.3 Å². The zero-order valence-electron chi connectivity index (χ0n) is 12.5. The van der Waals surface area contributed by atoms with E-state index in [-0.39, 0.29) is 18.4 Å². The van der Waals surface area contributed by atoms with Gasteiger partial charge in [0.05, 0.1) is 10.0 Å². The minimum absolute atomic E-state index is 0.152. The Balaban J connectivity index is 1.73. The fourth-order valence-electron chi connectivity index (χ4n) is 2.47. The maximum atomic E-state index is 12.3. The van der Waals surface area contributed by atoms with Gasteiger partial charge in [0, 0.05) is 15.2 Å². The van der Waals surface area contributed by atoms with Crippen molar-refractivity contribution in [2.75, 3.05) is 6.79 Å². The van der Waals surface area contributed by atoms with Crippen molar-refractivity contribution in [2.24, 2.45) is 4.99 Å². The Morgan fingerprint density at radius 2 is 1.88 bits per heavy atom. The van der Waals surface area contributed by atoms with Crippen molar-refractivity contribution in [2.45, 2.75) is 0 Å². The van der Waals surface area contributed by atoms with Crippen LogP contribution in [-0.2, 0) is 4.79 Å². The number of fused-ring (bicyclic) bond motifs is 1. The fourth-order valence-corrected chi connectivity index (χ4v) is 3.37. The number of hydrogen-bond donors (Lipinski definition) is 1. The lowest BCUT2D eigenvalue weighted by molar-refractivity contribution is -0.115. The molecule has 0 radical (unpaired) electrons. The van der Waals surface area contributed by atoms with Crippen LogP contribution in [-0.4, -0.2) is 18.5 Å². The van der Waals surface area contributed by atoms with E-state index in [0.29, 0.717) is 38.5 Å². The van der Waals surface area contributed by atoms with Crippen LogP contribution in [0.5, 0.6) is 11.5 Å². The van der Waals surface area contributed by atoms with Crippen LogP contribution in [0, 0.1) is 3.57 Å². The third kappa shape index (κ3) is 3.21. The summed E-state index contributed by atoms with van der Waals surface area (Å²) >= 11 is 14.6. The average molecular weight is 487 g/mol. The minimum atomic E-state index is -0.321. The number of aliphatic imine (C=N–C) groups is 1. The van der Waals surface area contributed by atoms with Crippen molar-refractivity contribution in [1.82, 2.24) is 5.32 Å². The van der Waals surface area contributed by atoms with Crippen LogP contribution in [0.1, 0.15) is 11.1 Å². The molecule has 5 nitrogen and oxygen atoms in total. The number of halogens is 3. The van der Waals surface area contributed by atoms with E-state index in [1.807, 2.05) is 12.1 Å². The summed E-state index contributed by atoms with van der Waals surface area (Å²) < 4.78 is 11.6. The second-order valence-corrected chi connectivity index (χ2v) is 7.36. The molecular weight excluding hydrogens is 478 g/mol. The van der Waals surface area contributed by atoms with Crippen LogP contribution in [0.4, 0.5) is 0 Å². The van der Waals surface area contributed by atoms with Gasteiger partial charge >= 0.3 is 0 Å². The van der Waals surface area contributed by atoms with E-state index in [1.54, 1.807) is 24.3 Å². The van der Waals surface area contributed by atoms with Gasteiger partial charge in [0.25, 0.3) is 5.91 Å². The van der Waals surface area contributed by atoms with Gasteiger partial charge in [-0.3, -0.25) is 4.79 Å². The SMILES string of the molecule is O=C1NC(c2cc(I)ccc2Cl)=NC1=Cc1cc2c(cc1Cl)OCO2. The van der Waals surface area contributed by atoms with E-state index in [4.69, 9.17) is 32.7 Å². The quantitative estimate of drug-likeness (QED) is 0.510. The van der Waals surface area contributed by atoms with Crippen molar-refractivity contribution in [3.8, 4) is 11.5 Å². The molecule has 4 rings (SSSR count). The number of amidine groups is 1. The Morgan fingerprint density at radius 3 is 2.68 bits per heavy atom. The molecular formula is C17H9Cl2IN2O3. The molecule has 2 aromatic carbocycles. The number of amides is 1. The first-order valence-corrected chi connectivity index (χ1v) is 9.01. The zero-order chi connectivity index (χ0) is 17.6. The van der Waals surface area contributed by atoms with Gasteiger partial charge in [-0.1, -0.05) is 23.2 Å². The van der Waals surface area contributed by atoms with Crippen molar-refractivity contribution in [1.29, 1.82) is 0 Å². The number of benzene rings is 2.